The molecule has 3 nitrogen and oxygen atoms in total. The highest BCUT2D eigenvalue weighted by atomic mass is 35.5. The van der Waals surface area contributed by atoms with Crippen LogP contribution in [0, 0.1) is 0 Å². The van der Waals surface area contributed by atoms with E-state index in [9.17, 15) is 4.79 Å². The number of carbonyl (C=O) groups is 1. The standard InChI is InChI=1S/C14H21ClO3/c1-2-17-14(16)11-13-12(8-10-18-13)7-5-3-4-6-9-15/h8,10H,2-7,9,11H2,1H3. The molecule has 4 heteroatoms. The lowest BCUT2D eigenvalue weighted by Gasteiger charge is -2.03. The normalized spacial score (nSPS) is 10.6. The van der Waals surface area contributed by atoms with E-state index in [0.717, 1.165) is 49.3 Å². The van der Waals surface area contributed by atoms with Gasteiger partial charge in [-0.1, -0.05) is 12.8 Å². The fourth-order valence-electron chi connectivity index (χ4n) is 1.85. The van der Waals surface area contributed by atoms with Crippen molar-refractivity contribution in [2.24, 2.45) is 0 Å². The lowest BCUT2D eigenvalue weighted by atomic mass is 10.1. The van der Waals surface area contributed by atoms with Crippen LogP contribution in [0.3, 0.4) is 0 Å². The highest BCUT2D eigenvalue weighted by molar-refractivity contribution is 6.17. The van der Waals surface area contributed by atoms with Crippen molar-refractivity contribution in [3.63, 3.8) is 0 Å². The van der Waals surface area contributed by atoms with Crippen LogP contribution in [0.5, 0.6) is 0 Å². The molecule has 0 aliphatic heterocycles. The van der Waals surface area contributed by atoms with E-state index < -0.39 is 0 Å². The number of hydrogen-bond acceptors (Lipinski definition) is 3. The van der Waals surface area contributed by atoms with Crippen molar-refractivity contribution < 1.29 is 13.9 Å². The second-order valence-electron chi connectivity index (χ2n) is 4.20. The van der Waals surface area contributed by atoms with Crippen molar-refractivity contribution in [1.29, 1.82) is 0 Å². The molecule has 1 aromatic heterocycles. The smallest absolute Gasteiger partial charge is 0.313 e. The van der Waals surface area contributed by atoms with Gasteiger partial charge >= 0.3 is 5.97 Å². The van der Waals surface area contributed by atoms with Gasteiger partial charge in [0, 0.05) is 5.88 Å². The number of furan rings is 1. The van der Waals surface area contributed by atoms with E-state index in [0.29, 0.717) is 6.61 Å². The molecule has 1 aromatic rings. The van der Waals surface area contributed by atoms with Gasteiger partial charge in [-0.3, -0.25) is 4.79 Å². The number of halogens is 1. The number of aryl methyl sites for hydroxylation is 1. The van der Waals surface area contributed by atoms with Gasteiger partial charge in [-0.15, -0.1) is 11.6 Å². The van der Waals surface area contributed by atoms with Crippen molar-refractivity contribution in [2.75, 3.05) is 12.5 Å². The number of ether oxygens (including phenoxy) is 1. The van der Waals surface area contributed by atoms with E-state index in [-0.39, 0.29) is 12.4 Å². The van der Waals surface area contributed by atoms with Crippen LogP contribution in [-0.4, -0.2) is 18.5 Å². The first kappa shape index (κ1) is 15.1. The van der Waals surface area contributed by atoms with Gasteiger partial charge in [-0.2, -0.15) is 0 Å². The molecule has 1 heterocycles. The monoisotopic (exact) mass is 272 g/mol. The predicted molar refractivity (Wildman–Crippen MR) is 71.9 cm³/mol. The molecule has 0 aromatic carbocycles. The molecular weight excluding hydrogens is 252 g/mol. The van der Waals surface area contributed by atoms with E-state index >= 15 is 0 Å². The molecular formula is C14H21ClO3. The Kier molecular flexibility index (Phi) is 7.58. The van der Waals surface area contributed by atoms with E-state index in [4.69, 9.17) is 20.8 Å². The Morgan fingerprint density at radius 2 is 2.11 bits per heavy atom. The zero-order chi connectivity index (χ0) is 13.2. The number of esters is 1. The maximum atomic E-state index is 11.4. The van der Waals surface area contributed by atoms with Crippen molar-refractivity contribution in [3.05, 3.63) is 23.7 Å². The minimum Gasteiger partial charge on any atom is -0.468 e. The Bertz CT molecular complexity index is 347. The molecule has 0 unspecified atom stereocenters. The van der Waals surface area contributed by atoms with E-state index in [1.54, 1.807) is 13.2 Å². The van der Waals surface area contributed by atoms with Crippen LogP contribution >= 0.6 is 11.6 Å². The Morgan fingerprint density at radius 3 is 2.83 bits per heavy atom. The van der Waals surface area contributed by atoms with Crippen LogP contribution in [0.15, 0.2) is 16.7 Å². The first-order chi connectivity index (χ1) is 8.77. The van der Waals surface area contributed by atoms with Crippen LogP contribution in [0.4, 0.5) is 0 Å². The summed E-state index contributed by atoms with van der Waals surface area (Å²) >= 11 is 5.63. The highest BCUT2D eigenvalue weighted by Gasteiger charge is 2.11. The van der Waals surface area contributed by atoms with E-state index in [2.05, 4.69) is 0 Å². The zero-order valence-corrected chi connectivity index (χ0v) is 11.7. The van der Waals surface area contributed by atoms with Gasteiger partial charge in [-0.25, -0.2) is 0 Å². The Hall–Kier alpha value is -0.960. The SMILES string of the molecule is CCOC(=O)Cc1occc1CCCCCCCl. The van der Waals surface area contributed by atoms with Crippen LogP contribution < -0.4 is 0 Å². The molecule has 0 N–H and O–H groups in total. The summed E-state index contributed by atoms with van der Waals surface area (Å²) in [5, 5.41) is 0. The van der Waals surface area contributed by atoms with Gasteiger partial charge < -0.3 is 9.15 Å². The maximum Gasteiger partial charge on any atom is 0.313 e. The highest BCUT2D eigenvalue weighted by Crippen LogP contribution is 2.16. The van der Waals surface area contributed by atoms with Gasteiger partial charge in [-0.05, 0) is 37.8 Å². The largest absolute Gasteiger partial charge is 0.468 e. The second-order valence-corrected chi connectivity index (χ2v) is 4.58. The summed E-state index contributed by atoms with van der Waals surface area (Å²) in [5.74, 6) is 1.25. The van der Waals surface area contributed by atoms with E-state index in [1.807, 2.05) is 6.07 Å². The minimum atomic E-state index is -0.226. The van der Waals surface area contributed by atoms with Gasteiger partial charge in [0.25, 0.3) is 0 Å². The van der Waals surface area contributed by atoms with Crippen molar-refractivity contribution >= 4 is 17.6 Å². The second kappa shape index (κ2) is 9.03. The molecule has 0 atom stereocenters. The molecule has 102 valence electrons. The minimum absolute atomic E-state index is 0.226. The van der Waals surface area contributed by atoms with Crippen molar-refractivity contribution in [3.8, 4) is 0 Å². The summed E-state index contributed by atoms with van der Waals surface area (Å²) < 4.78 is 10.3. The molecule has 0 bridgehead atoms. The fourth-order valence-corrected chi connectivity index (χ4v) is 2.04. The third-order valence-corrected chi connectivity index (χ3v) is 3.04. The summed E-state index contributed by atoms with van der Waals surface area (Å²) in [4.78, 5) is 11.4. The number of carbonyl (C=O) groups excluding carboxylic acids is 1. The molecule has 0 aliphatic carbocycles. The lowest BCUT2D eigenvalue weighted by Crippen LogP contribution is -2.08. The molecule has 0 radical (unpaired) electrons. The van der Waals surface area contributed by atoms with Crippen LogP contribution in [0.1, 0.15) is 43.9 Å². The average molecular weight is 273 g/mol. The molecule has 0 saturated heterocycles. The molecule has 0 amide bonds. The van der Waals surface area contributed by atoms with E-state index in [1.165, 1.54) is 0 Å². The van der Waals surface area contributed by atoms with Gasteiger partial charge in [0.2, 0.25) is 0 Å². The Labute approximate surface area is 113 Å². The number of hydrogen-bond donors (Lipinski definition) is 0. The van der Waals surface area contributed by atoms with Crippen LogP contribution in [0.25, 0.3) is 0 Å². The predicted octanol–water partition coefficient (Wildman–Crippen LogP) is 3.73. The Morgan fingerprint density at radius 1 is 1.33 bits per heavy atom. The molecule has 0 spiro atoms. The summed E-state index contributed by atoms with van der Waals surface area (Å²) in [7, 11) is 0. The van der Waals surface area contributed by atoms with Gasteiger partial charge in [0.15, 0.2) is 0 Å². The summed E-state index contributed by atoms with van der Waals surface area (Å²) in [5.41, 5.74) is 1.12. The molecule has 0 saturated carbocycles. The van der Waals surface area contributed by atoms with Crippen LogP contribution in [0.2, 0.25) is 0 Å². The van der Waals surface area contributed by atoms with Crippen molar-refractivity contribution in [1.82, 2.24) is 0 Å². The molecule has 0 fully saturated rings. The summed E-state index contributed by atoms with van der Waals surface area (Å²) in [6.07, 6.45) is 7.33. The maximum absolute atomic E-state index is 11.4. The molecule has 1 rings (SSSR count). The Balaban J connectivity index is 2.33. The first-order valence-corrected chi connectivity index (χ1v) is 7.08. The topological polar surface area (TPSA) is 39.4 Å². The third-order valence-electron chi connectivity index (χ3n) is 2.78. The summed E-state index contributed by atoms with van der Waals surface area (Å²) in [6, 6.07) is 1.94. The van der Waals surface area contributed by atoms with Gasteiger partial charge in [0.1, 0.15) is 12.2 Å². The fraction of sp³-hybridized carbons (Fsp3) is 0.643. The molecule has 0 aliphatic rings. The number of unbranched alkanes of at least 4 members (excludes halogenated alkanes) is 3. The van der Waals surface area contributed by atoms with Crippen molar-refractivity contribution in [2.45, 2.75) is 45.4 Å². The number of rotatable bonds is 9. The van der Waals surface area contributed by atoms with Crippen LogP contribution in [-0.2, 0) is 22.4 Å². The lowest BCUT2D eigenvalue weighted by molar-refractivity contribution is -0.142. The summed E-state index contributed by atoms with van der Waals surface area (Å²) in [6.45, 7) is 2.21. The van der Waals surface area contributed by atoms with Gasteiger partial charge in [0.05, 0.1) is 12.9 Å². The first-order valence-electron chi connectivity index (χ1n) is 6.54. The quantitative estimate of drug-likeness (QED) is 0.391. The molecule has 18 heavy (non-hydrogen) atoms. The average Bonchev–Trinajstić information content (AvgIpc) is 2.77. The number of alkyl halides is 1. The third kappa shape index (κ3) is 5.58. The zero-order valence-electron chi connectivity index (χ0n) is 10.9.